The Morgan fingerprint density at radius 2 is 1.23 bits per heavy atom. The van der Waals surface area contributed by atoms with Crippen molar-refractivity contribution in [2.45, 2.75) is 41.5 Å². The molecule has 0 saturated carbocycles. The van der Waals surface area contributed by atoms with E-state index in [1.165, 1.54) is 0 Å². The summed E-state index contributed by atoms with van der Waals surface area (Å²) < 4.78 is 4.99. The SMILES string of the molecule is CC.CC.COc1cccc(C)c1Cl.Cc1ccccc1Cl. The van der Waals surface area contributed by atoms with E-state index < -0.39 is 0 Å². The molecule has 0 radical (unpaired) electrons. The lowest BCUT2D eigenvalue weighted by atomic mass is 10.2. The molecule has 2 aromatic rings. The van der Waals surface area contributed by atoms with E-state index in [-0.39, 0.29) is 0 Å². The van der Waals surface area contributed by atoms with Crippen molar-refractivity contribution in [3.05, 3.63) is 63.6 Å². The van der Waals surface area contributed by atoms with E-state index in [0.717, 1.165) is 21.9 Å². The predicted molar refractivity (Wildman–Crippen MR) is 102 cm³/mol. The number of hydrogen-bond donors (Lipinski definition) is 0. The van der Waals surface area contributed by atoms with Crippen molar-refractivity contribution in [1.29, 1.82) is 0 Å². The summed E-state index contributed by atoms with van der Waals surface area (Å²) in [6.45, 7) is 11.9. The molecule has 1 nitrogen and oxygen atoms in total. The fraction of sp³-hybridized carbons (Fsp3) is 0.368. The van der Waals surface area contributed by atoms with Gasteiger partial charge in [0, 0.05) is 5.02 Å². The first-order valence-electron chi connectivity index (χ1n) is 7.56. The Kier molecular flexibility index (Phi) is 15.5. The van der Waals surface area contributed by atoms with Crippen LogP contribution in [0.5, 0.6) is 5.75 Å². The summed E-state index contributed by atoms with van der Waals surface area (Å²) in [5.41, 5.74) is 2.18. The molecule has 0 fully saturated rings. The summed E-state index contributed by atoms with van der Waals surface area (Å²) in [5.74, 6) is 0.738. The van der Waals surface area contributed by atoms with Crippen LogP contribution >= 0.6 is 23.2 Å². The van der Waals surface area contributed by atoms with Gasteiger partial charge in [-0.25, -0.2) is 0 Å². The molecule has 0 aliphatic rings. The molecule has 0 aliphatic carbocycles. The zero-order valence-electron chi connectivity index (χ0n) is 14.7. The maximum Gasteiger partial charge on any atom is 0.137 e. The average Bonchev–Trinajstić information content (AvgIpc) is 2.57. The largest absolute Gasteiger partial charge is 0.495 e. The minimum Gasteiger partial charge on any atom is -0.495 e. The minimum absolute atomic E-state index is 0.699. The molecule has 0 aromatic heterocycles. The maximum atomic E-state index is 5.87. The van der Waals surface area contributed by atoms with Crippen LogP contribution in [0.2, 0.25) is 10.0 Å². The number of aryl methyl sites for hydroxylation is 2. The van der Waals surface area contributed by atoms with Gasteiger partial charge < -0.3 is 4.74 Å². The van der Waals surface area contributed by atoms with Crippen molar-refractivity contribution in [3.8, 4) is 5.75 Å². The molecular formula is C19H28Cl2O. The third-order valence-corrected chi connectivity index (χ3v) is 3.36. The van der Waals surface area contributed by atoms with Gasteiger partial charge in [0.15, 0.2) is 0 Å². The molecule has 22 heavy (non-hydrogen) atoms. The lowest BCUT2D eigenvalue weighted by Gasteiger charge is -2.03. The molecule has 0 amide bonds. The quantitative estimate of drug-likeness (QED) is 0.525. The molecule has 124 valence electrons. The zero-order chi connectivity index (χ0) is 17.5. The zero-order valence-corrected chi connectivity index (χ0v) is 16.2. The molecule has 0 atom stereocenters. The summed E-state index contributed by atoms with van der Waals surface area (Å²) in [5, 5.41) is 1.54. The fourth-order valence-electron chi connectivity index (χ4n) is 1.33. The molecule has 0 unspecified atom stereocenters. The number of rotatable bonds is 1. The van der Waals surface area contributed by atoms with E-state index in [4.69, 9.17) is 27.9 Å². The highest BCUT2D eigenvalue weighted by molar-refractivity contribution is 6.32. The molecule has 0 aliphatic heterocycles. The monoisotopic (exact) mass is 342 g/mol. The molecule has 3 heteroatoms. The van der Waals surface area contributed by atoms with Crippen molar-refractivity contribution in [1.82, 2.24) is 0 Å². The lowest BCUT2D eigenvalue weighted by molar-refractivity contribution is 0.414. The van der Waals surface area contributed by atoms with Crippen LogP contribution in [-0.2, 0) is 0 Å². The highest BCUT2D eigenvalue weighted by Gasteiger charge is 1.99. The Labute approximate surface area is 146 Å². The van der Waals surface area contributed by atoms with E-state index in [1.807, 2.05) is 84.0 Å². The van der Waals surface area contributed by atoms with Gasteiger partial charge in [0.2, 0.25) is 0 Å². The summed E-state index contributed by atoms with van der Waals surface area (Å²) >= 11 is 11.6. The van der Waals surface area contributed by atoms with E-state index in [1.54, 1.807) is 7.11 Å². The van der Waals surface area contributed by atoms with Crippen LogP contribution < -0.4 is 4.74 Å². The fourth-order valence-corrected chi connectivity index (χ4v) is 1.67. The topological polar surface area (TPSA) is 9.23 Å². The van der Waals surface area contributed by atoms with Crippen molar-refractivity contribution >= 4 is 23.2 Å². The van der Waals surface area contributed by atoms with Gasteiger partial charge in [-0.05, 0) is 37.1 Å². The third-order valence-electron chi connectivity index (χ3n) is 2.45. The van der Waals surface area contributed by atoms with Crippen LogP contribution in [0.3, 0.4) is 0 Å². The smallest absolute Gasteiger partial charge is 0.137 e. The Hall–Kier alpha value is -1.18. The summed E-state index contributed by atoms with van der Waals surface area (Å²) in [7, 11) is 1.61. The van der Waals surface area contributed by atoms with E-state index in [0.29, 0.717) is 5.02 Å². The van der Waals surface area contributed by atoms with Crippen LogP contribution in [0, 0.1) is 13.8 Å². The highest BCUT2D eigenvalue weighted by atomic mass is 35.5. The second kappa shape index (κ2) is 14.7. The molecule has 0 bridgehead atoms. The second-order valence-electron chi connectivity index (χ2n) is 3.84. The van der Waals surface area contributed by atoms with Crippen LogP contribution in [0.25, 0.3) is 0 Å². The van der Waals surface area contributed by atoms with Crippen LogP contribution in [-0.4, -0.2) is 7.11 Å². The van der Waals surface area contributed by atoms with Gasteiger partial charge in [-0.3, -0.25) is 0 Å². The van der Waals surface area contributed by atoms with Crippen LogP contribution in [0.4, 0.5) is 0 Å². The van der Waals surface area contributed by atoms with Gasteiger partial charge in [-0.1, -0.05) is 81.2 Å². The van der Waals surface area contributed by atoms with Gasteiger partial charge >= 0.3 is 0 Å². The maximum absolute atomic E-state index is 5.87. The summed E-state index contributed by atoms with van der Waals surface area (Å²) in [6.07, 6.45) is 0. The second-order valence-corrected chi connectivity index (χ2v) is 4.63. The number of methoxy groups -OCH3 is 1. The first-order valence-corrected chi connectivity index (χ1v) is 8.32. The number of hydrogen-bond acceptors (Lipinski definition) is 1. The molecule has 0 heterocycles. The van der Waals surface area contributed by atoms with Crippen LogP contribution in [0.1, 0.15) is 38.8 Å². The first-order chi connectivity index (χ1) is 10.6. The molecular weight excluding hydrogens is 315 g/mol. The standard InChI is InChI=1S/C8H9ClO.C7H7Cl.2C2H6/c1-6-4-3-5-7(10-2)8(6)9;1-6-4-2-3-5-7(6)8;2*1-2/h3-5H,1-2H3;2-5H,1H3;2*1-2H3. The number of halogens is 2. The Balaban J connectivity index is 0. The Morgan fingerprint density at radius 1 is 0.727 bits per heavy atom. The lowest BCUT2D eigenvalue weighted by Crippen LogP contribution is -1.84. The molecule has 0 spiro atoms. The minimum atomic E-state index is 0.699. The van der Waals surface area contributed by atoms with Crippen molar-refractivity contribution in [2.75, 3.05) is 7.11 Å². The molecule has 0 N–H and O–H groups in total. The highest BCUT2D eigenvalue weighted by Crippen LogP contribution is 2.26. The Bertz CT molecular complexity index is 490. The summed E-state index contributed by atoms with van der Waals surface area (Å²) in [4.78, 5) is 0. The van der Waals surface area contributed by atoms with Crippen molar-refractivity contribution in [3.63, 3.8) is 0 Å². The van der Waals surface area contributed by atoms with E-state index in [9.17, 15) is 0 Å². The van der Waals surface area contributed by atoms with E-state index >= 15 is 0 Å². The van der Waals surface area contributed by atoms with Gasteiger partial charge in [0.1, 0.15) is 5.75 Å². The van der Waals surface area contributed by atoms with E-state index in [2.05, 4.69) is 0 Å². The predicted octanol–water partition coefficient (Wildman–Crippen LogP) is 7.36. The first kappa shape index (κ1) is 23.1. The number of benzene rings is 2. The third kappa shape index (κ3) is 8.96. The van der Waals surface area contributed by atoms with Gasteiger partial charge in [-0.15, -0.1) is 0 Å². The number of ether oxygens (including phenoxy) is 1. The average molecular weight is 343 g/mol. The van der Waals surface area contributed by atoms with Crippen LogP contribution in [0.15, 0.2) is 42.5 Å². The van der Waals surface area contributed by atoms with Crippen molar-refractivity contribution in [2.24, 2.45) is 0 Å². The Morgan fingerprint density at radius 3 is 1.59 bits per heavy atom. The van der Waals surface area contributed by atoms with Gasteiger partial charge in [-0.2, -0.15) is 0 Å². The normalized spacial score (nSPS) is 8.23. The van der Waals surface area contributed by atoms with Gasteiger partial charge in [0.05, 0.1) is 12.1 Å². The summed E-state index contributed by atoms with van der Waals surface area (Å²) in [6, 6.07) is 13.5. The van der Waals surface area contributed by atoms with Gasteiger partial charge in [0.25, 0.3) is 0 Å². The molecule has 0 saturated heterocycles. The molecule has 2 aromatic carbocycles. The molecule has 2 rings (SSSR count). The van der Waals surface area contributed by atoms with Crippen molar-refractivity contribution < 1.29 is 4.74 Å².